The van der Waals surface area contributed by atoms with Crippen LogP contribution in [0.25, 0.3) is 0 Å². The van der Waals surface area contributed by atoms with E-state index in [1.165, 1.54) is 11.8 Å². The van der Waals surface area contributed by atoms with Gasteiger partial charge in [-0.15, -0.1) is 0 Å². The van der Waals surface area contributed by atoms with Gasteiger partial charge in [0, 0.05) is 16.9 Å². The molecule has 0 fully saturated rings. The second kappa shape index (κ2) is 6.69. The van der Waals surface area contributed by atoms with Crippen LogP contribution in [0.2, 0.25) is 0 Å². The highest BCUT2D eigenvalue weighted by molar-refractivity contribution is 8.15. The maximum atomic E-state index is 12.3. The van der Waals surface area contributed by atoms with Gasteiger partial charge in [-0.25, -0.2) is 0 Å². The molecular formula is C19H21N3OS. The fraction of sp³-hybridized carbons (Fsp3) is 0.263. The molecule has 0 spiro atoms. The molecule has 0 atom stereocenters. The molecule has 0 unspecified atom stereocenters. The molecule has 124 valence electrons. The van der Waals surface area contributed by atoms with E-state index in [-0.39, 0.29) is 11.6 Å². The Morgan fingerprint density at radius 1 is 1.17 bits per heavy atom. The Labute approximate surface area is 146 Å². The molecule has 1 amide bonds. The van der Waals surface area contributed by atoms with E-state index in [0.717, 1.165) is 27.5 Å². The van der Waals surface area contributed by atoms with Crippen molar-refractivity contribution in [3.63, 3.8) is 0 Å². The van der Waals surface area contributed by atoms with Gasteiger partial charge in [-0.3, -0.25) is 9.79 Å². The molecule has 0 aliphatic carbocycles. The van der Waals surface area contributed by atoms with E-state index in [1.54, 1.807) is 0 Å². The molecule has 3 rings (SSSR count). The summed E-state index contributed by atoms with van der Waals surface area (Å²) in [7, 11) is 0. The van der Waals surface area contributed by atoms with Crippen LogP contribution in [0.5, 0.6) is 0 Å². The molecule has 1 aliphatic rings. The first-order valence-corrected chi connectivity index (χ1v) is 8.89. The zero-order valence-corrected chi connectivity index (χ0v) is 14.9. The van der Waals surface area contributed by atoms with Crippen LogP contribution in [0, 0.1) is 6.92 Å². The molecule has 2 N–H and O–H groups in total. The third kappa shape index (κ3) is 3.79. The SMILES string of the molecule is Cc1ccccc1NC(=O)CSC1=NC(C)(C)Nc2ccccc21. The summed E-state index contributed by atoms with van der Waals surface area (Å²) in [4.78, 5) is 17.0. The number of aryl methyl sites for hydroxylation is 1. The number of carbonyl (C=O) groups excluding carboxylic acids is 1. The second-order valence-electron chi connectivity index (χ2n) is 6.30. The van der Waals surface area contributed by atoms with E-state index in [2.05, 4.69) is 10.6 Å². The van der Waals surface area contributed by atoms with Crippen molar-refractivity contribution >= 4 is 34.1 Å². The molecule has 0 saturated heterocycles. The number of amides is 1. The Bertz CT molecular complexity index is 799. The number of hydrogen-bond donors (Lipinski definition) is 2. The maximum absolute atomic E-state index is 12.3. The van der Waals surface area contributed by atoms with Crippen LogP contribution in [0.3, 0.4) is 0 Å². The minimum atomic E-state index is -0.372. The van der Waals surface area contributed by atoms with Crippen LogP contribution in [0.1, 0.15) is 25.0 Å². The van der Waals surface area contributed by atoms with Crippen LogP contribution in [-0.2, 0) is 4.79 Å². The normalized spacial score (nSPS) is 15.0. The summed E-state index contributed by atoms with van der Waals surface area (Å²) in [6.07, 6.45) is 0. The Morgan fingerprint density at radius 3 is 2.67 bits per heavy atom. The van der Waals surface area contributed by atoms with Gasteiger partial charge in [-0.05, 0) is 38.5 Å². The van der Waals surface area contributed by atoms with E-state index in [1.807, 2.05) is 69.3 Å². The van der Waals surface area contributed by atoms with E-state index in [0.29, 0.717) is 5.75 Å². The number of fused-ring (bicyclic) bond motifs is 1. The molecule has 0 bridgehead atoms. The molecule has 2 aromatic carbocycles. The molecule has 0 aromatic heterocycles. The molecule has 5 heteroatoms. The highest BCUT2D eigenvalue weighted by atomic mass is 32.2. The monoisotopic (exact) mass is 339 g/mol. The lowest BCUT2D eigenvalue weighted by atomic mass is 10.1. The van der Waals surface area contributed by atoms with E-state index < -0.39 is 0 Å². The summed E-state index contributed by atoms with van der Waals surface area (Å²) < 4.78 is 0. The van der Waals surface area contributed by atoms with Gasteiger partial charge in [0.2, 0.25) is 5.91 Å². The summed E-state index contributed by atoms with van der Waals surface area (Å²) >= 11 is 1.47. The minimum Gasteiger partial charge on any atom is -0.361 e. The summed E-state index contributed by atoms with van der Waals surface area (Å²) in [5, 5.41) is 7.26. The number of nitrogens with zero attached hydrogens (tertiary/aromatic N) is 1. The summed E-state index contributed by atoms with van der Waals surface area (Å²) in [6, 6.07) is 15.8. The fourth-order valence-corrected chi connectivity index (χ4v) is 3.56. The van der Waals surface area contributed by atoms with Gasteiger partial charge in [-0.1, -0.05) is 48.2 Å². The fourth-order valence-electron chi connectivity index (χ4n) is 2.59. The first kappa shape index (κ1) is 16.6. The van der Waals surface area contributed by atoms with Crippen LogP contribution >= 0.6 is 11.8 Å². The first-order valence-electron chi connectivity index (χ1n) is 7.90. The third-order valence-electron chi connectivity index (χ3n) is 3.74. The van der Waals surface area contributed by atoms with Gasteiger partial charge < -0.3 is 10.6 Å². The average Bonchev–Trinajstić information content (AvgIpc) is 2.54. The second-order valence-corrected chi connectivity index (χ2v) is 7.26. The third-order valence-corrected chi connectivity index (χ3v) is 4.73. The van der Waals surface area contributed by atoms with Gasteiger partial charge in [0.15, 0.2) is 0 Å². The molecule has 1 aliphatic heterocycles. The number of para-hydroxylation sites is 2. The van der Waals surface area contributed by atoms with Gasteiger partial charge in [0.1, 0.15) is 10.7 Å². The number of benzene rings is 2. The van der Waals surface area contributed by atoms with Crippen LogP contribution in [0.4, 0.5) is 11.4 Å². The highest BCUT2D eigenvalue weighted by Gasteiger charge is 2.26. The molecule has 4 nitrogen and oxygen atoms in total. The lowest BCUT2D eigenvalue weighted by Crippen LogP contribution is -2.34. The number of carbonyl (C=O) groups is 1. The van der Waals surface area contributed by atoms with Crippen molar-refractivity contribution in [3.05, 3.63) is 59.7 Å². The largest absolute Gasteiger partial charge is 0.361 e. The molecule has 1 heterocycles. The standard InChI is InChI=1S/C19H21N3OS/c1-13-8-4-6-10-15(13)20-17(23)12-24-18-14-9-5-7-11-16(14)21-19(2,3)22-18/h4-11,21H,12H2,1-3H3,(H,20,23). The van der Waals surface area contributed by atoms with E-state index >= 15 is 0 Å². The van der Waals surface area contributed by atoms with Crippen LogP contribution in [-0.4, -0.2) is 22.4 Å². The average molecular weight is 339 g/mol. The molecule has 2 aromatic rings. The molecule has 0 radical (unpaired) electrons. The van der Waals surface area contributed by atoms with E-state index in [9.17, 15) is 4.79 Å². The maximum Gasteiger partial charge on any atom is 0.234 e. The number of hydrogen-bond acceptors (Lipinski definition) is 4. The zero-order valence-electron chi connectivity index (χ0n) is 14.1. The predicted octanol–water partition coefficient (Wildman–Crippen LogP) is 4.28. The van der Waals surface area contributed by atoms with Gasteiger partial charge in [-0.2, -0.15) is 0 Å². The van der Waals surface area contributed by atoms with Crippen molar-refractivity contribution in [2.75, 3.05) is 16.4 Å². The zero-order chi connectivity index (χ0) is 17.2. The van der Waals surface area contributed by atoms with Crippen molar-refractivity contribution < 1.29 is 4.79 Å². The molecular weight excluding hydrogens is 318 g/mol. The van der Waals surface area contributed by atoms with Crippen molar-refractivity contribution in [2.45, 2.75) is 26.4 Å². The quantitative estimate of drug-likeness (QED) is 0.878. The molecule has 0 saturated carbocycles. The number of aliphatic imine (C=N–C) groups is 1. The highest BCUT2D eigenvalue weighted by Crippen LogP contribution is 2.31. The number of nitrogens with one attached hydrogen (secondary N) is 2. The Balaban J connectivity index is 1.70. The van der Waals surface area contributed by atoms with Crippen molar-refractivity contribution in [1.82, 2.24) is 0 Å². The lowest BCUT2D eigenvalue weighted by molar-refractivity contribution is -0.113. The topological polar surface area (TPSA) is 53.5 Å². The van der Waals surface area contributed by atoms with Gasteiger partial charge in [0.05, 0.1) is 5.75 Å². The predicted molar refractivity (Wildman–Crippen MR) is 103 cm³/mol. The Hall–Kier alpha value is -2.27. The number of rotatable bonds is 3. The van der Waals surface area contributed by atoms with E-state index in [4.69, 9.17) is 4.99 Å². The number of thioether (sulfide) groups is 1. The van der Waals surface area contributed by atoms with Crippen molar-refractivity contribution in [2.24, 2.45) is 4.99 Å². The van der Waals surface area contributed by atoms with Gasteiger partial charge >= 0.3 is 0 Å². The van der Waals surface area contributed by atoms with Crippen molar-refractivity contribution in [1.29, 1.82) is 0 Å². The lowest BCUT2D eigenvalue weighted by Gasteiger charge is -2.30. The first-order chi connectivity index (χ1) is 11.4. The van der Waals surface area contributed by atoms with Gasteiger partial charge in [0.25, 0.3) is 0 Å². The van der Waals surface area contributed by atoms with Crippen LogP contribution < -0.4 is 10.6 Å². The summed E-state index contributed by atoms with van der Waals surface area (Å²) in [5.74, 6) is 0.309. The van der Waals surface area contributed by atoms with Crippen molar-refractivity contribution in [3.8, 4) is 0 Å². The number of anilines is 2. The van der Waals surface area contributed by atoms with Crippen LogP contribution in [0.15, 0.2) is 53.5 Å². The Morgan fingerprint density at radius 2 is 1.88 bits per heavy atom. The Kier molecular flexibility index (Phi) is 4.62. The summed E-state index contributed by atoms with van der Waals surface area (Å²) in [6.45, 7) is 6.03. The molecule has 24 heavy (non-hydrogen) atoms. The smallest absolute Gasteiger partial charge is 0.234 e. The summed E-state index contributed by atoms with van der Waals surface area (Å²) in [5.41, 5.74) is 3.64. The minimum absolute atomic E-state index is 0.0224.